The molecule has 0 atom stereocenters. The molecule has 3 aromatic rings. The highest BCUT2D eigenvalue weighted by Crippen LogP contribution is 2.16. The molecule has 0 saturated heterocycles. The quantitative estimate of drug-likeness (QED) is 0.253. The summed E-state index contributed by atoms with van der Waals surface area (Å²) in [6.45, 7) is 0. The molecule has 0 fully saturated rings. The third-order valence-electron chi connectivity index (χ3n) is 2.97. The SMILES string of the molecule is NNC(=O)c1cc2c(=O)c3ccccc3oc2[nH]c1=O. The number of aromatic amines is 1. The molecule has 0 saturated carbocycles. The molecule has 20 heavy (non-hydrogen) atoms. The molecule has 0 aliphatic heterocycles. The number of pyridine rings is 1. The summed E-state index contributed by atoms with van der Waals surface area (Å²) < 4.78 is 5.46. The molecule has 3 rings (SSSR count). The number of hydrazine groups is 1. The normalized spacial score (nSPS) is 10.8. The van der Waals surface area contributed by atoms with Crippen LogP contribution in [0.5, 0.6) is 0 Å². The smallest absolute Gasteiger partial charge is 0.270 e. The largest absolute Gasteiger partial charge is 0.439 e. The van der Waals surface area contributed by atoms with E-state index in [4.69, 9.17) is 10.3 Å². The van der Waals surface area contributed by atoms with Gasteiger partial charge in [0.25, 0.3) is 11.5 Å². The Kier molecular flexibility index (Phi) is 2.62. The fourth-order valence-electron chi connectivity index (χ4n) is 2.01. The number of rotatable bonds is 1. The van der Waals surface area contributed by atoms with Crippen molar-refractivity contribution in [3.63, 3.8) is 0 Å². The van der Waals surface area contributed by atoms with Gasteiger partial charge in [-0.3, -0.25) is 24.8 Å². The number of hydrogen-bond acceptors (Lipinski definition) is 5. The number of nitrogens with one attached hydrogen (secondary N) is 2. The number of amides is 1. The predicted octanol–water partition coefficient (Wildman–Crippen LogP) is 0.238. The molecule has 7 nitrogen and oxygen atoms in total. The van der Waals surface area contributed by atoms with Crippen LogP contribution in [0.1, 0.15) is 10.4 Å². The highest BCUT2D eigenvalue weighted by atomic mass is 16.3. The molecule has 0 aliphatic carbocycles. The molecule has 4 N–H and O–H groups in total. The lowest BCUT2D eigenvalue weighted by atomic mass is 10.1. The van der Waals surface area contributed by atoms with Crippen LogP contribution in [0.3, 0.4) is 0 Å². The van der Waals surface area contributed by atoms with E-state index in [-0.39, 0.29) is 22.1 Å². The van der Waals surface area contributed by atoms with E-state index in [0.717, 1.165) is 0 Å². The Labute approximate surface area is 111 Å². The maximum Gasteiger partial charge on any atom is 0.270 e. The third-order valence-corrected chi connectivity index (χ3v) is 2.97. The molecule has 7 heteroatoms. The second-order valence-corrected chi connectivity index (χ2v) is 4.16. The van der Waals surface area contributed by atoms with Crippen molar-refractivity contribution in [2.24, 2.45) is 5.84 Å². The fraction of sp³-hybridized carbons (Fsp3) is 0. The van der Waals surface area contributed by atoms with E-state index < -0.39 is 11.5 Å². The van der Waals surface area contributed by atoms with Gasteiger partial charge in [0.05, 0.1) is 10.8 Å². The summed E-state index contributed by atoms with van der Waals surface area (Å²) in [5, 5.41) is 0.480. The van der Waals surface area contributed by atoms with E-state index in [0.29, 0.717) is 11.0 Å². The van der Waals surface area contributed by atoms with Gasteiger partial charge in [0.15, 0.2) is 0 Å². The van der Waals surface area contributed by atoms with Gasteiger partial charge in [-0.1, -0.05) is 12.1 Å². The van der Waals surface area contributed by atoms with Crippen molar-refractivity contribution in [3.05, 3.63) is 56.5 Å². The number of nitrogens with two attached hydrogens (primary N) is 1. The Morgan fingerprint density at radius 3 is 2.70 bits per heavy atom. The fourth-order valence-corrected chi connectivity index (χ4v) is 2.01. The first-order chi connectivity index (χ1) is 9.61. The zero-order chi connectivity index (χ0) is 14.3. The lowest BCUT2D eigenvalue weighted by molar-refractivity contribution is 0.0952. The van der Waals surface area contributed by atoms with Gasteiger partial charge < -0.3 is 4.42 Å². The van der Waals surface area contributed by atoms with E-state index in [9.17, 15) is 14.4 Å². The number of H-pyrrole nitrogens is 1. The first-order valence-corrected chi connectivity index (χ1v) is 5.71. The molecule has 1 amide bonds. The summed E-state index contributed by atoms with van der Waals surface area (Å²) in [7, 11) is 0. The Hall–Kier alpha value is -2.93. The summed E-state index contributed by atoms with van der Waals surface area (Å²) >= 11 is 0. The predicted molar refractivity (Wildman–Crippen MR) is 72.3 cm³/mol. The topological polar surface area (TPSA) is 118 Å². The van der Waals surface area contributed by atoms with Crippen LogP contribution in [0, 0.1) is 0 Å². The molecule has 0 unspecified atom stereocenters. The number of carbonyl (C=O) groups excluding carboxylic acids is 1. The minimum Gasteiger partial charge on any atom is -0.439 e. The van der Waals surface area contributed by atoms with Crippen LogP contribution in [0.4, 0.5) is 0 Å². The van der Waals surface area contributed by atoms with Crippen molar-refractivity contribution < 1.29 is 9.21 Å². The minimum absolute atomic E-state index is 0.0206. The highest BCUT2D eigenvalue weighted by Gasteiger charge is 2.14. The molecule has 1 aromatic carbocycles. The number of nitrogen functional groups attached to an aromatic ring is 1. The van der Waals surface area contributed by atoms with E-state index in [1.807, 2.05) is 5.43 Å². The molecular formula is C13H9N3O4. The van der Waals surface area contributed by atoms with Crippen molar-refractivity contribution in [3.8, 4) is 0 Å². The molecular weight excluding hydrogens is 262 g/mol. The molecule has 0 radical (unpaired) electrons. The average Bonchev–Trinajstić information content (AvgIpc) is 2.46. The van der Waals surface area contributed by atoms with Crippen LogP contribution in [0.25, 0.3) is 22.1 Å². The van der Waals surface area contributed by atoms with Crippen molar-refractivity contribution in [2.75, 3.05) is 0 Å². The van der Waals surface area contributed by atoms with Crippen molar-refractivity contribution in [1.82, 2.24) is 10.4 Å². The van der Waals surface area contributed by atoms with E-state index in [1.165, 1.54) is 6.07 Å². The van der Waals surface area contributed by atoms with Crippen LogP contribution >= 0.6 is 0 Å². The summed E-state index contributed by atoms with van der Waals surface area (Å²) in [5.74, 6) is 4.21. The Balaban J connectivity index is 2.48. The molecule has 2 aromatic heterocycles. The maximum atomic E-state index is 12.3. The van der Waals surface area contributed by atoms with E-state index >= 15 is 0 Å². The minimum atomic E-state index is -0.777. The van der Waals surface area contributed by atoms with E-state index in [1.54, 1.807) is 24.3 Å². The van der Waals surface area contributed by atoms with Crippen LogP contribution in [0.2, 0.25) is 0 Å². The number of fused-ring (bicyclic) bond motifs is 2. The molecule has 100 valence electrons. The van der Waals surface area contributed by atoms with Gasteiger partial charge >= 0.3 is 0 Å². The monoisotopic (exact) mass is 271 g/mol. The number of benzene rings is 1. The highest BCUT2D eigenvalue weighted by molar-refractivity contribution is 5.97. The second-order valence-electron chi connectivity index (χ2n) is 4.16. The van der Waals surface area contributed by atoms with Crippen molar-refractivity contribution >= 4 is 28.0 Å². The number of aromatic nitrogens is 1. The standard InChI is InChI=1S/C13H9N3O4/c14-16-12(19)8-5-7-10(17)6-3-1-2-4-9(6)20-13(7)15-11(8)18/h1-5H,14H2,(H,15,18)(H,16,19). The average molecular weight is 271 g/mol. The van der Waals surface area contributed by atoms with Crippen molar-refractivity contribution in [1.29, 1.82) is 0 Å². The molecule has 0 aliphatic rings. The van der Waals surface area contributed by atoms with Gasteiger partial charge in [-0.05, 0) is 18.2 Å². The van der Waals surface area contributed by atoms with Gasteiger partial charge in [-0.15, -0.1) is 0 Å². The van der Waals surface area contributed by atoms with Gasteiger partial charge in [0.2, 0.25) is 11.1 Å². The van der Waals surface area contributed by atoms with Gasteiger partial charge in [0, 0.05) is 0 Å². The molecule has 2 heterocycles. The molecule has 0 bridgehead atoms. The Bertz CT molecular complexity index is 955. The Morgan fingerprint density at radius 1 is 1.20 bits per heavy atom. The maximum absolute atomic E-state index is 12.3. The number of hydrogen-bond donors (Lipinski definition) is 3. The Morgan fingerprint density at radius 2 is 1.95 bits per heavy atom. The third kappa shape index (κ3) is 1.69. The molecule has 0 spiro atoms. The van der Waals surface area contributed by atoms with Crippen LogP contribution in [-0.2, 0) is 0 Å². The van der Waals surface area contributed by atoms with Gasteiger partial charge in [-0.25, -0.2) is 5.84 Å². The van der Waals surface area contributed by atoms with E-state index in [2.05, 4.69) is 4.98 Å². The van der Waals surface area contributed by atoms with Crippen LogP contribution < -0.4 is 22.3 Å². The summed E-state index contributed by atoms with van der Waals surface area (Å²) in [5.41, 5.74) is 0.972. The zero-order valence-corrected chi connectivity index (χ0v) is 10.1. The lowest BCUT2D eigenvalue weighted by Crippen LogP contribution is -2.34. The number of carbonyl (C=O) groups is 1. The lowest BCUT2D eigenvalue weighted by Gasteiger charge is -2.03. The first-order valence-electron chi connectivity index (χ1n) is 5.71. The van der Waals surface area contributed by atoms with Gasteiger partial charge in [-0.2, -0.15) is 0 Å². The first kappa shape index (κ1) is 12.1. The summed E-state index contributed by atoms with van der Waals surface area (Å²) in [6.07, 6.45) is 0. The summed E-state index contributed by atoms with van der Waals surface area (Å²) in [4.78, 5) is 37.9. The van der Waals surface area contributed by atoms with Crippen LogP contribution in [0.15, 0.2) is 44.3 Å². The van der Waals surface area contributed by atoms with Crippen molar-refractivity contribution in [2.45, 2.75) is 0 Å². The summed E-state index contributed by atoms with van der Waals surface area (Å²) in [6, 6.07) is 7.81. The number of para-hydroxylation sites is 1. The second kappa shape index (κ2) is 4.32. The van der Waals surface area contributed by atoms with Gasteiger partial charge in [0.1, 0.15) is 11.1 Å². The zero-order valence-electron chi connectivity index (χ0n) is 10.1. The van der Waals surface area contributed by atoms with Crippen LogP contribution in [-0.4, -0.2) is 10.9 Å².